The van der Waals surface area contributed by atoms with Crippen LogP contribution in [0.4, 0.5) is 10.1 Å². The number of piperidine rings is 1. The zero-order valence-corrected chi connectivity index (χ0v) is 12.2. The summed E-state index contributed by atoms with van der Waals surface area (Å²) in [6.45, 7) is 3.09. The molecule has 1 fully saturated rings. The molecule has 4 nitrogen and oxygen atoms in total. The normalized spacial score (nSPS) is 18.5. The van der Waals surface area contributed by atoms with E-state index in [1.807, 2.05) is 4.90 Å². The van der Waals surface area contributed by atoms with Crippen molar-refractivity contribution in [1.82, 2.24) is 10.2 Å². The third-order valence-electron chi connectivity index (χ3n) is 3.21. The first-order valence-electron chi connectivity index (χ1n) is 6.63. The van der Waals surface area contributed by atoms with Gasteiger partial charge in [-0.05, 0) is 49.3 Å². The largest absolute Gasteiger partial charge is 0.352 e. The maximum atomic E-state index is 12.8. The van der Waals surface area contributed by atoms with Crippen molar-refractivity contribution in [3.05, 3.63) is 30.1 Å². The minimum atomic E-state index is -0.273. The van der Waals surface area contributed by atoms with E-state index in [4.69, 9.17) is 12.2 Å². The van der Waals surface area contributed by atoms with Gasteiger partial charge in [0.05, 0.1) is 0 Å². The summed E-state index contributed by atoms with van der Waals surface area (Å²) < 4.78 is 12.8. The molecule has 1 aliphatic rings. The quantitative estimate of drug-likeness (QED) is 0.820. The van der Waals surface area contributed by atoms with E-state index >= 15 is 0 Å². The standard InChI is InChI=1S/C14H18FN3OS/c1-10(19)16-13-3-2-8-18(9-13)14(20)17-12-6-4-11(15)5-7-12/h4-7,13H,2-3,8-9H2,1H3,(H,16,19)(H,17,20). The molecule has 0 saturated carbocycles. The monoisotopic (exact) mass is 295 g/mol. The molecule has 0 radical (unpaired) electrons. The third-order valence-corrected chi connectivity index (χ3v) is 3.57. The first kappa shape index (κ1) is 14.7. The van der Waals surface area contributed by atoms with Gasteiger partial charge in [-0.3, -0.25) is 4.79 Å². The van der Waals surface area contributed by atoms with Gasteiger partial charge in [0.2, 0.25) is 5.91 Å². The molecule has 0 bridgehead atoms. The van der Waals surface area contributed by atoms with Gasteiger partial charge in [-0.2, -0.15) is 0 Å². The van der Waals surface area contributed by atoms with Crippen molar-refractivity contribution in [1.29, 1.82) is 0 Å². The maximum Gasteiger partial charge on any atom is 0.217 e. The van der Waals surface area contributed by atoms with Gasteiger partial charge in [-0.1, -0.05) is 0 Å². The summed E-state index contributed by atoms with van der Waals surface area (Å²) in [5.74, 6) is -0.292. The number of carbonyl (C=O) groups excluding carboxylic acids is 1. The van der Waals surface area contributed by atoms with E-state index in [1.165, 1.54) is 19.1 Å². The smallest absolute Gasteiger partial charge is 0.217 e. The minimum Gasteiger partial charge on any atom is -0.352 e. The topological polar surface area (TPSA) is 44.4 Å². The number of anilines is 1. The Morgan fingerprint density at radius 3 is 2.75 bits per heavy atom. The fourth-order valence-corrected chi connectivity index (χ4v) is 2.59. The van der Waals surface area contributed by atoms with Crippen LogP contribution in [0.5, 0.6) is 0 Å². The first-order valence-corrected chi connectivity index (χ1v) is 7.04. The van der Waals surface area contributed by atoms with Crippen LogP contribution in [0.15, 0.2) is 24.3 Å². The second-order valence-electron chi connectivity index (χ2n) is 4.92. The van der Waals surface area contributed by atoms with Crippen molar-refractivity contribution in [3.63, 3.8) is 0 Å². The molecule has 1 aromatic carbocycles. The van der Waals surface area contributed by atoms with E-state index in [0.29, 0.717) is 11.7 Å². The summed E-state index contributed by atoms with van der Waals surface area (Å²) in [7, 11) is 0. The molecule has 1 unspecified atom stereocenters. The zero-order chi connectivity index (χ0) is 14.5. The highest BCUT2D eigenvalue weighted by Gasteiger charge is 2.22. The lowest BCUT2D eigenvalue weighted by molar-refractivity contribution is -0.119. The summed E-state index contributed by atoms with van der Waals surface area (Å²) in [5, 5.41) is 6.61. The van der Waals surface area contributed by atoms with Gasteiger partial charge in [-0.15, -0.1) is 0 Å². The van der Waals surface area contributed by atoms with Crippen LogP contribution in [-0.4, -0.2) is 35.1 Å². The second kappa shape index (κ2) is 6.65. The number of halogens is 1. The van der Waals surface area contributed by atoms with Gasteiger partial charge >= 0.3 is 0 Å². The van der Waals surface area contributed by atoms with Crippen LogP contribution in [-0.2, 0) is 4.79 Å². The molecule has 1 saturated heterocycles. The number of nitrogens with one attached hydrogen (secondary N) is 2. The van der Waals surface area contributed by atoms with Crippen LogP contribution in [0, 0.1) is 5.82 Å². The van der Waals surface area contributed by atoms with Crippen molar-refractivity contribution in [2.75, 3.05) is 18.4 Å². The molecule has 1 aliphatic heterocycles. The minimum absolute atomic E-state index is 0.0192. The molecule has 1 heterocycles. The number of nitrogens with zero attached hydrogens (tertiary/aromatic N) is 1. The van der Waals surface area contributed by atoms with E-state index in [2.05, 4.69) is 10.6 Å². The summed E-state index contributed by atoms with van der Waals surface area (Å²) >= 11 is 5.36. The lowest BCUT2D eigenvalue weighted by atomic mass is 10.1. The Balaban J connectivity index is 1.91. The average Bonchev–Trinajstić information content (AvgIpc) is 2.41. The molecule has 0 spiro atoms. The van der Waals surface area contributed by atoms with Crippen molar-refractivity contribution < 1.29 is 9.18 Å². The molecule has 1 amide bonds. The summed E-state index contributed by atoms with van der Waals surface area (Å²) in [4.78, 5) is 13.1. The van der Waals surface area contributed by atoms with E-state index in [9.17, 15) is 9.18 Å². The van der Waals surface area contributed by atoms with Crippen molar-refractivity contribution in [2.45, 2.75) is 25.8 Å². The Bertz CT molecular complexity index is 492. The van der Waals surface area contributed by atoms with Crippen LogP contribution in [0.3, 0.4) is 0 Å². The SMILES string of the molecule is CC(=O)NC1CCCN(C(=S)Nc2ccc(F)cc2)C1. The molecule has 2 rings (SSSR count). The van der Waals surface area contributed by atoms with E-state index in [1.54, 1.807) is 12.1 Å². The number of hydrogen-bond donors (Lipinski definition) is 2. The maximum absolute atomic E-state index is 12.8. The van der Waals surface area contributed by atoms with Gasteiger partial charge in [0.15, 0.2) is 5.11 Å². The lowest BCUT2D eigenvalue weighted by Crippen LogP contribution is -2.50. The summed E-state index contributed by atoms with van der Waals surface area (Å²) in [5.41, 5.74) is 0.762. The van der Waals surface area contributed by atoms with E-state index in [0.717, 1.165) is 25.1 Å². The molecule has 108 valence electrons. The van der Waals surface area contributed by atoms with Crippen molar-refractivity contribution in [3.8, 4) is 0 Å². The zero-order valence-electron chi connectivity index (χ0n) is 11.4. The molecular weight excluding hydrogens is 277 g/mol. The highest BCUT2D eigenvalue weighted by Crippen LogP contribution is 2.14. The van der Waals surface area contributed by atoms with Crippen LogP contribution in [0.25, 0.3) is 0 Å². The molecule has 2 N–H and O–H groups in total. The molecule has 20 heavy (non-hydrogen) atoms. The number of amides is 1. The molecular formula is C14H18FN3OS. The van der Waals surface area contributed by atoms with Crippen LogP contribution in [0.1, 0.15) is 19.8 Å². The number of thiocarbonyl (C=S) groups is 1. The van der Waals surface area contributed by atoms with Crippen molar-refractivity contribution >= 4 is 28.9 Å². The predicted molar refractivity (Wildman–Crippen MR) is 81.0 cm³/mol. The molecule has 6 heteroatoms. The molecule has 0 aromatic heterocycles. The predicted octanol–water partition coefficient (Wildman–Crippen LogP) is 2.12. The molecule has 1 atom stereocenters. The average molecular weight is 295 g/mol. The van der Waals surface area contributed by atoms with Crippen molar-refractivity contribution in [2.24, 2.45) is 0 Å². The van der Waals surface area contributed by atoms with Crippen LogP contribution in [0.2, 0.25) is 0 Å². The molecule has 0 aliphatic carbocycles. The Morgan fingerprint density at radius 2 is 2.10 bits per heavy atom. The lowest BCUT2D eigenvalue weighted by Gasteiger charge is -2.34. The summed E-state index contributed by atoms with van der Waals surface area (Å²) in [6, 6.07) is 6.21. The summed E-state index contributed by atoms with van der Waals surface area (Å²) in [6.07, 6.45) is 1.95. The Morgan fingerprint density at radius 1 is 1.40 bits per heavy atom. The Kier molecular flexibility index (Phi) is 4.89. The third kappa shape index (κ3) is 4.16. The Labute approximate surface area is 123 Å². The fourth-order valence-electron chi connectivity index (χ4n) is 2.30. The van der Waals surface area contributed by atoms with Gasteiger partial charge in [0, 0.05) is 31.7 Å². The van der Waals surface area contributed by atoms with Crippen LogP contribution < -0.4 is 10.6 Å². The van der Waals surface area contributed by atoms with E-state index in [-0.39, 0.29) is 17.8 Å². The van der Waals surface area contributed by atoms with E-state index < -0.39 is 0 Å². The highest BCUT2D eigenvalue weighted by molar-refractivity contribution is 7.80. The van der Waals surface area contributed by atoms with Crippen LogP contribution >= 0.6 is 12.2 Å². The van der Waals surface area contributed by atoms with Gasteiger partial charge < -0.3 is 15.5 Å². The first-order chi connectivity index (χ1) is 9.54. The number of hydrogen-bond acceptors (Lipinski definition) is 2. The van der Waals surface area contributed by atoms with Gasteiger partial charge in [0.25, 0.3) is 0 Å². The highest BCUT2D eigenvalue weighted by atomic mass is 32.1. The molecule has 1 aromatic rings. The number of benzene rings is 1. The number of rotatable bonds is 2. The second-order valence-corrected chi connectivity index (χ2v) is 5.31. The number of likely N-dealkylation sites (tertiary alicyclic amines) is 1. The Hall–Kier alpha value is -1.69. The van der Waals surface area contributed by atoms with Gasteiger partial charge in [-0.25, -0.2) is 4.39 Å². The number of carbonyl (C=O) groups is 1. The fraction of sp³-hybridized carbons (Fsp3) is 0.429. The van der Waals surface area contributed by atoms with Gasteiger partial charge in [0.1, 0.15) is 5.82 Å².